The highest BCUT2D eigenvalue weighted by Crippen LogP contribution is 2.28. The van der Waals surface area contributed by atoms with Gasteiger partial charge in [0.2, 0.25) is 0 Å². The van der Waals surface area contributed by atoms with E-state index < -0.39 is 21.8 Å². The lowest BCUT2D eigenvalue weighted by atomic mass is 10.1. The van der Waals surface area contributed by atoms with E-state index in [-0.39, 0.29) is 40.0 Å². The van der Waals surface area contributed by atoms with Crippen molar-refractivity contribution in [2.24, 2.45) is 0 Å². The molecule has 0 aliphatic carbocycles. The van der Waals surface area contributed by atoms with Crippen LogP contribution >= 0.6 is 0 Å². The number of hydrogen-bond acceptors (Lipinski definition) is 9. The lowest BCUT2D eigenvalue weighted by molar-refractivity contribution is 0.0933. The topological polar surface area (TPSA) is 162 Å². The Labute approximate surface area is 260 Å². The molecule has 45 heavy (non-hydrogen) atoms. The Bertz CT molecular complexity index is 1980. The predicted octanol–water partition coefficient (Wildman–Crippen LogP) is 3.79. The summed E-state index contributed by atoms with van der Waals surface area (Å²) < 4.78 is 22.8. The zero-order valence-corrected chi connectivity index (χ0v) is 25.6. The van der Waals surface area contributed by atoms with Crippen LogP contribution < -0.4 is 15.5 Å². The highest BCUT2D eigenvalue weighted by Gasteiger charge is 2.29. The number of carbonyl (C=O) groups is 2. The first kappa shape index (κ1) is 31.2. The van der Waals surface area contributed by atoms with Crippen LogP contribution in [0.4, 0.5) is 5.69 Å². The summed E-state index contributed by atoms with van der Waals surface area (Å²) in [4.78, 5) is 34.7. The largest absolute Gasteiger partial charge is 0.505 e. The van der Waals surface area contributed by atoms with Gasteiger partial charge in [0.1, 0.15) is 11.0 Å². The zero-order valence-electron chi connectivity index (χ0n) is 24.8. The first-order chi connectivity index (χ1) is 21.5. The number of fused-ring (bicyclic) bond motifs is 2. The molecular weight excluding hydrogens is 594 g/mol. The van der Waals surface area contributed by atoms with Gasteiger partial charge in [-0.2, -0.15) is 0 Å². The van der Waals surface area contributed by atoms with Gasteiger partial charge in [-0.3, -0.25) is 19.6 Å². The van der Waals surface area contributed by atoms with Crippen LogP contribution in [0.3, 0.4) is 0 Å². The minimum atomic E-state index is -3.06. The maximum Gasteiger partial charge on any atom is 0.255 e. The number of aromatic hydroxyl groups is 2. The van der Waals surface area contributed by atoms with Gasteiger partial charge in [-0.15, -0.1) is 0 Å². The monoisotopic (exact) mass is 627 g/mol. The number of amides is 2. The maximum absolute atomic E-state index is 12.4. The molecule has 232 valence electrons. The van der Waals surface area contributed by atoms with Crippen molar-refractivity contribution < 1.29 is 28.2 Å². The molecule has 1 unspecified atom stereocenters. The number of pyridine rings is 2. The minimum Gasteiger partial charge on any atom is -0.505 e. The molecule has 0 saturated carbocycles. The summed E-state index contributed by atoms with van der Waals surface area (Å²) in [5.74, 6) is -1.05. The number of benzene rings is 3. The summed E-state index contributed by atoms with van der Waals surface area (Å²) in [6.07, 6.45) is 3.53. The van der Waals surface area contributed by atoms with Gasteiger partial charge in [0.15, 0.2) is 21.3 Å². The van der Waals surface area contributed by atoms with Gasteiger partial charge < -0.3 is 25.7 Å². The highest BCUT2D eigenvalue weighted by molar-refractivity contribution is 7.91. The molecule has 2 aromatic heterocycles. The van der Waals surface area contributed by atoms with Gasteiger partial charge in [0.25, 0.3) is 11.8 Å². The molecule has 6 rings (SSSR count). The molecule has 2 amide bonds. The Morgan fingerprint density at radius 3 is 1.89 bits per heavy atom. The molecule has 3 heterocycles. The van der Waals surface area contributed by atoms with E-state index in [1.54, 1.807) is 42.6 Å². The van der Waals surface area contributed by atoms with Crippen LogP contribution in [0.15, 0.2) is 85.2 Å². The first-order valence-corrected chi connectivity index (χ1v) is 16.0. The molecule has 1 aliphatic rings. The smallest absolute Gasteiger partial charge is 0.255 e. The summed E-state index contributed by atoms with van der Waals surface area (Å²) in [7, 11) is 0.901. The molecule has 1 atom stereocenters. The average molecular weight is 628 g/mol. The lowest BCUT2D eigenvalue weighted by Gasteiger charge is -2.13. The molecule has 1 fully saturated rings. The molecule has 4 N–H and O–H groups in total. The Balaban J connectivity index is 0.000000179. The summed E-state index contributed by atoms with van der Waals surface area (Å²) >= 11 is 0. The highest BCUT2D eigenvalue weighted by atomic mass is 32.2. The normalized spacial score (nSPS) is 15.2. The van der Waals surface area contributed by atoms with E-state index in [1.807, 2.05) is 49.3 Å². The summed E-state index contributed by atoms with van der Waals surface area (Å²) in [5.41, 5.74) is 3.21. The van der Waals surface area contributed by atoms with E-state index in [2.05, 4.69) is 20.6 Å². The number of phenols is 2. The number of hydrogen-bond donors (Lipinski definition) is 4. The third kappa shape index (κ3) is 7.29. The van der Waals surface area contributed by atoms with Crippen molar-refractivity contribution in [1.82, 2.24) is 20.6 Å². The van der Waals surface area contributed by atoms with Crippen LogP contribution in [-0.4, -0.2) is 72.1 Å². The van der Waals surface area contributed by atoms with Gasteiger partial charge in [0.05, 0.1) is 22.6 Å². The SMILES string of the molecule is CN(C)c1ccc(CNC(=O)c2ccc3cccnc3c2O)cc1.O=C(NC1CCS(=O)(=O)C1)c1ccc2cccnc2c1O. The molecular formula is C33H33N5O6S. The van der Waals surface area contributed by atoms with Crippen molar-refractivity contribution in [3.8, 4) is 11.5 Å². The predicted molar refractivity (Wildman–Crippen MR) is 173 cm³/mol. The van der Waals surface area contributed by atoms with Crippen molar-refractivity contribution in [3.63, 3.8) is 0 Å². The van der Waals surface area contributed by atoms with Crippen LogP contribution in [0.25, 0.3) is 21.8 Å². The quantitative estimate of drug-likeness (QED) is 0.219. The molecule has 3 aromatic carbocycles. The maximum atomic E-state index is 12.4. The molecule has 1 aliphatic heterocycles. The number of carbonyl (C=O) groups excluding carboxylic acids is 2. The minimum absolute atomic E-state index is 0.0503. The van der Waals surface area contributed by atoms with Crippen LogP contribution in [0.2, 0.25) is 0 Å². The Hall–Kier alpha value is -5.23. The van der Waals surface area contributed by atoms with Gasteiger partial charge in [-0.1, -0.05) is 36.4 Å². The summed E-state index contributed by atoms with van der Waals surface area (Å²) in [6.45, 7) is 0.395. The third-order valence-electron chi connectivity index (χ3n) is 7.46. The Morgan fingerprint density at radius 1 is 0.822 bits per heavy atom. The second-order valence-corrected chi connectivity index (χ2v) is 13.1. The number of nitrogens with one attached hydrogen (secondary N) is 2. The Morgan fingerprint density at radius 2 is 1.38 bits per heavy atom. The fraction of sp³-hybridized carbons (Fsp3) is 0.212. The molecule has 12 heteroatoms. The van der Waals surface area contributed by atoms with E-state index in [9.17, 15) is 28.2 Å². The number of anilines is 1. The fourth-order valence-corrected chi connectivity index (χ4v) is 6.66. The van der Waals surface area contributed by atoms with Crippen LogP contribution in [0, 0.1) is 0 Å². The molecule has 0 spiro atoms. The average Bonchev–Trinajstić information content (AvgIpc) is 3.38. The zero-order chi connectivity index (χ0) is 32.1. The van der Waals surface area contributed by atoms with Crippen molar-refractivity contribution >= 4 is 49.1 Å². The van der Waals surface area contributed by atoms with Gasteiger partial charge in [-0.05, 0) is 48.4 Å². The van der Waals surface area contributed by atoms with Crippen molar-refractivity contribution in [2.45, 2.75) is 19.0 Å². The number of aromatic nitrogens is 2. The second-order valence-electron chi connectivity index (χ2n) is 10.9. The first-order valence-electron chi connectivity index (χ1n) is 14.2. The standard InChI is InChI=1S/C19H19N3O2.C14H14N2O4S/c1-22(2)15-8-5-13(6-9-15)12-21-19(24)16-10-7-14-4-3-11-20-17(14)18(16)23;17-13-11(4-3-9-2-1-6-15-12(9)13)14(18)16-10-5-7-21(19,20)8-10/h3-11,23H,12H2,1-2H3,(H,21,24);1-4,6,10,17H,5,7-8H2,(H,16,18). The summed E-state index contributed by atoms with van der Waals surface area (Å²) in [6, 6.07) is 21.3. The number of rotatable bonds is 6. The molecule has 0 bridgehead atoms. The lowest BCUT2D eigenvalue weighted by Crippen LogP contribution is -2.35. The van der Waals surface area contributed by atoms with E-state index in [1.165, 1.54) is 12.3 Å². The third-order valence-corrected chi connectivity index (χ3v) is 9.23. The number of phenolic OH excluding ortho intramolecular Hbond substituents is 2. The van der Waals surface area contributed by atoms with E-state index in [0.717, 1.165) is 22.0 Å². The number of nitrogens with zero attached hydrogens (tertiary/aromatic N) is 3. The van der Waals surface area contributed by atoms with Crippen LogP contribution in [0.5, 0.6) is 11.5 Å². The van der Waals surface area contributed by atoms with Crippen LogP contribution in [-0.2, 0) is 16.4 Å². The van der Waals surface area contributed by atoms with E-state index in [4.69, 9.17) is 0 Å². The molecule has 0 radical (unpaired) electrons. The molecule has 1 saturated heterocycles. The Kier molecular flexibility index (Phi) is 9.14. The molecule has 5 aromatic rings. The molecule has 11 nitrogen and oxygen atoms in total. The van der Waals surface area contributed by atoms with Crippen LogP contribution in [0.1, 0.15) is 32.7 Å². The van der Waals surface area contributed by atoms with Crippen molar-refractivity contribution in [1.29, 1.82) is 0 Å². The van der Waals surface area contributed by atoms with E-state index >= 15 is 0 Å². The second kappa shape index (κ2) is 13.2. The van der Waals surface area contributed by atoms with Gasteiger partial charge in [-0.25, -0.2) is 8.42 Å². The van der Waals surface area contributed by atoms with Gasteiger partial charge in [0, 0.05) is 55.5 Å². The summed E-state index contributed by atoms with van der Waals surface area (Å²) in [5, 5.41) is 27.4. The van der Waals surface area contributed by atoms with Crippen molar-refractivity contribution in [2.75, 3.05) is 30.5 Å². The van der Waals surface area contributed by atoms with Gasteiger partial charge >= 0.3 is 0 Å². The van der Waals surface area contributed by atoms with Crippen molar-refractivity contribution in [3.05, 3.63) is 102 Å². The van der Waals surface area contributed by atoms with E-state index in [0.29, 0.717) is 24.0 Å². The number of sulfone groups is 1. The fourth-order valence-electron chi connectivity index (χ4n) is 4.99.